The van der Waals surface area contributed by atoms with Crippen LogP contribution in [0.4, 0.5) is 0 Å². The molecule has 1 atom stereocenters. The maximum absolute atomic E-state index is 10.0. The number of halogens is 1. The Hall–Kier alpha value is -1.36. The number of nitrogens with zero attached hydrogens (tertiary/aromatic N) is 1. The van der Waals surface area contributed by atoms with Gasteiger partial charge in [-0.15, -0.1) is 0 Å². The molecule has 0 spiro atoms. The first-order chi connectivity index (χ1) is 9.08. The van der Waals surface area contributed by atoms with Crippen molar-refractivity contribution in [1.82, 2.24) is 15.5 Å². The second-order valence-corrected chi connectivity index (χ2v) is 5.05. The maximum atomic E-state index is 10.0. The van der Waals surface area contributed by atoms with Crippen LogP contribution in [0.5, 0.6) is 0 Å². The fraction of sp³-hybridized carbons (Fsp3) is 0.357. The number of benzene rings is 1. The third-order valence-corrected chi connectivity index (χ3v) is 3.43. The van der Waals surface area contributed by atoms with Crippen molar-refractivity contribution in [3.05, 3.63) is 51.8 Å². The average Bonchev–Trinajstić information content (AvgIpc) is 2.71. The van der Waals surface area contributed by atoms with E-state index in [4.69, 9.17) is 11.6 Å². The van der Waals surface area contributed by atoms with Crippen LogP contribution in [0, 0.1) is 13.8 Å². The van der Waals surface area contributed by atoms with Gasteiger partial charge in [0.1, 0.15) is 0 Å². The quantitative estimate of drug-likeness (QED) is 0.788. The van der Waals surface area contributed by atoms with E-state index in [1.807, 2.05) is 26.0 Å². The summed E-state index contributed by atoms with van der Waals surface area (Å²) in [5.74, 6) is 0. The normalized spacial score (nSPS) is 12.6. The third-order valence-electron chi connectivity index (χ3n) is 3.17. The van der Waals surface area contributed by atoms with Gasteiger partial charge >= 0.3 is 0 Å². The van der Waals surface area contributed by atoms with E-state index in [-0.39, 0.29) is 0 Å². The molecule has 1 aromatic carbocycles. The van der Waals surface area contributed by atoms with Crippen molar-refractivity contribution in [2.45, 2.75) is 26.5 Å². The number of aliphatic hydroxyl groups excluding tert-OH is 1. The average molecular weight is 280 g/mol. The molecular weight excluding hydrogens is 262 g/mol. The van der Waals surface area contributed by atoms with Crippen molar-refractivity contribution < 1.29 is 5.11 Å². The van der Waals surface area contributed by atoms with E-state index in [2.05, 4.69) is 15.5 Å². The lowest BCUT2D eigenvalue weighted by molar-refractivity contribution is 0.174. The van der Waals surface area contributed by atoms with Crippen LogP contribution in [0.1, 0.15) is 28.6 Å². The molecule has 0 saturated heterocycles. The van der Waals surface area contributed by atoms with Gasteiger partial charge in [-0.3, -0.25) is 5.10 Å². The van der Waals surface area contributed by atoms with Crippen molar-refractivity contribution >= 4 is 11.6 Å². The van der Waals surface area contributed by atoms with Crippen LogP contribution in [0.2, 0.25) is 5.02 Å². The van der Waals surface area contributed by atoms with E-state index in [9.17, 15) is 5.11 Å². The van der Waals surface area contributed by atoms with Crippen LogP contribution < -0.4 is 5.32 Å². The van der Waals surface area contributed by atoms with Crippen LogP contribution in [-0.2, 0) is 6.54 Å². The van der Waals surface area contributed by atoms with Gasteiger partial charge in [0.25, 0.3) is 0 Å². The summed E-state index contributed by atoms with van der Waals surface area (Å²) in [4.78, 5) is 0. The van der Waals surface area contributed by atoms with Crippen molar-refractivity contribution in [2.24, 2.45) is 0 Å². The number of H-pyrrole nitrogens is 1. The van der Waals surface area contributed by atoms with Gasteiger partial charge in [-0.05, 0) is 31.5 Å². The number of nitrogens with one attached hydrogen (secondary N) is 2. The summed E-state index contributed by atoms with van der Waals surface area (Å²) < 4.78 is 0. The van der Waals surface area contributed by atoms with Crippen molar-refractivity contribution in [2.75, 3.05) is 6.54 Å². The zero-order valence-corrected chi connectivity index (χ0v) is 11.8. The number of aromatic amines is 1. The molecule has 1 heterocycles. The second kappa shape index (κ2) is 6.19. The number of aryl methyl sites for hydroxylation is 2. The monoisotopic (exact) mass is 279 g/mol. The molecule has 102 valence electrons. The fourth-order valence-electron chi connectivity index (χ4n) is 1.97. The molecule has 0 aliphatic heterocycles. The highest BCUT2D eigenvalue weighted by Crippen LogP contribution is 2.16. The van der Waals surface area contributed by atoms with Gasteiger partial charge in [-0.25, -0.2) is 0 Å². The SMILES string of the molecule is Cc1n[nH]c(C)c1CNC[C@H](O)c1ccc(Cl)cc1. The van der Waals surface area contributed by atoms with E-state index >= 15 is 0 Å². The molecule has 0 aliphatic rings. The van der Waals surface area contributed by atoms with Gasteiger partial charge in [0.05, 0.1) is 11.8 Å². The largest absolute Gasteiger partial charge is 0.387 e. The van der Waals surface area contributed by atoms with Crippen molar-refractivity contribution in [3.8, 4) is 0 Å². The van der Waals surface area contributed by atoms with Crippen LogP contribution >= 0.6 is 11.6 Å². The molecule has 4 nitrogen and oxygen atoms in total. The first kappa shape index (κ1) is 14.1. The van der Waals surface area contributed by atoms with Crippen LogP contribution in [-0.4, -0.2) is 21.8 Å². The number of aromatic nitrogens is 2. The Bertz CT molecular complexity index is 517. The Balaban J connectivity index is 1.87. The summed E-state index contributed by atoms with van der Waals surface area (Å²) in [6.45, 7) is 5.15. The standard InChI is InChI=1S/C14H18ClN3O/c1-9-13(10(2)18-17-9)7-16-8-14(19)11-3-5-12(15)6-4-11/h3-6,14,16,19H,7-8H2,1-2H3,(H,17,18)/t14-/m0/s1. The number of hydrogen-bond acceptors (Lipinski definition) is 3. The molecule has 2 rings (SSSR count). The molecule has 3 N–H and O–H groups in total. The molecule has 0 fully saturated rings. The Labute approximate surface area is 117 Å². The summed E-state index contributed by atoms with van der Waals surface area (Å²) in [6.07, 6.45) is -0.537. The van der Waals surface area contributed by atoms with Gasteiger partial charge in [0.15, 0.2) is 0 Å². The van der Waals surface area contributed by atoms with Gasteiger partial charge in [-0.1, -0.05) is 23.7 Å². The smallest absolute Gasteiger partial charge is 0.0914 e. The Morgan fingerprint density at radius 1 is 1.32 bits per heavy atom. The zero-order valence-electron chi connectivity index (χ0n) is 11.1. The molecule has 2 aromatic rings. The first-order valence-electron chi connectivity index (χ1n) is 6.22. The molecule has 19 heavy (non-hydrogen) atoms. The molecule has 0 amide bonds. The Kier molecular flexibility index (Phi) is 4.58. The highest BCUT2D eigenvalue weighted by Gasteiger charge is 2.09. The van der Waals surface area contributed by atoms with E-state index in [1.165, 1.54) is 0 Å². The molecule has 5 heteroatoms. The lowest BCUT2D eigenvalue weighted by Crippen LogP contribution is -2.21. The van der Waals surface area contributed by atoms with Gasteiger partial charge < -0.3 is 10.4 Å². The summed E-state index contributed by atoms with van der Waals surface area (Å²) in [6, 6.07) is 7.24. The molecule has 0 bridgehead atoms. The summed E-state index contributed by atoms with van der Waals surface area (Å²) in [5, 5.41) is 21.0. The molecule has 1 aromatic heterocycles. The Morgan fingerprint density at radius 2 is 2.00 bits per heavy atom. The number of hydrogen-bond donors (Lipinski definition) is 3. The predicted molar refractivity (Wildman–Crippen MR) is 76.2 cm³/mol. The molecule has 0 unspecified atom stereocenters. The molecular formula is C14H18ClN3O. The summed E-state index contributed by atoms with van der Waals surface area (Å²) in [5.41, 5.74) is 4.07. The molecule has 0 aliphatic carbocycles. The van der Waals surface area contributed by atoms with Crippen LogP contribution in [0.3, 0.4) is 0 Å². The topological polar surface area (TPSA) is 60.9 Å². The molecule has 0 radical (unpaired) electrons. The van der Waals surface area contributed by atoms with Crippen molar-refractivity contribution in [1.29, 1.82) is 0 Å². The minimum atomic E-state index is -0.537. The van der Waals surface area contributed by atoms with Crippen LogP contribution in [0.15, 0.2) is 24.3 Å². The van der Waals surface area contributed by atoms with Crippen LogP contribution in [0.25, 0.3) is 0 Å². The number of rotatable bonds is 5. The highest BCUT2D eigenvalue weighted by molar-refractivity contribution is 6.30. The zero-order chi connectivity index (χ0) is 13.8. The van der Waals surface area contributed by atoms with Crippen molar-refractivity contribution in [3.63, 3.8) is 0 Å². The lowest BCUT2D eigenvalue weighted by atomic mass is 10.1. The minimum Gasteiger partial charge on any atom is -0.387 e. The van der Waals surface area contributed by atoms with Gasteiger partial charge in [-0.2, -0.15) is 5.10 Å². The van der Waals surface area contributed by atoms with E-state index in [1.54, 1.807) is 12.1 Å². The molecule has 0 saturated carbocycles. The first-order valence-corrected chi connectivity index (χ1v) is 6.60. The minimum absolute atomic E-state index is 0.492. The van der Waals surface area contributed by atoms with Gasteiger partial charge in [0, 0.05) is 29.4 Å². The van der Waals surface area contributed by atoms with E-state index in [0.717, 1.165) is 22.5 Å². The lowest BCUT2D eigenvalue weighted by Gasteiger charge is -2.12. The van der Waals surface area contributed by atoms with E-state index in [0.29, 0.717) is 18.1 Å². The van der Waals surface area contributed by atoms with E-state index < -0.39 is 6.10 Å². The second-order valence-electron chi connectivity index (χ2n) is 4.61. The fourth-order valence-corrected chi connectivity index (χ4v) is 2.10. The highest BCUT2D eigenvalue weighted by atomic mass is 35.5. The van der Waals surface area contributed by atoms with Gasteiger partial charge in [0.2, 0.25) is 0 Å². The number of aliphatic hydroxyl groups is 1. The third kappa shape index (κ3) is 3.56. The summed E-state index contributed by atoms with van der Waals surface area (Å²) >= 11 is 5.82. The Morgan fingerprint density at radius 3 is 2.58 bits per heavy atom. The maximum Gasteiger partial charge on any atom is 0.0914 e. The predicted octanol–water partition coefficient (Wildman–Crippen LogP) is 2.50. The summed E-state index contributed by atoms with van der Waals surface area (Å²) in [7, 11) is 0.